The largest absolute Gasteiger partial charge is 0.354 e. The molecular formula is C29H27N5O2S. The number of para-hydroxylation sites is 1. The van der Waals surface area contributed by atoms with Gasteiger partial charge in [-0.15, -0.1) is 11.3 Å². The second-order valence-corrected chi connectivity index (χ2v) is 10.5. The van der Waals surface area contributed by atoms with E-state index < -0.39 is 0 Å². The summed E-state index contributed by atoms with van der Waals surface area (Å²) in [5.74, 6) is 0.578. The van der Waals surface area contributed by atoms with Gasteiger partial charge in [-0.25, -0.2) is 4.98 Å². The minimum atomic E-state index is -0.137. The summed E-state index contributed by atoms with van der Waals surface area (Å²) in [6.07, 6.45) is 4.56. The highest BCUT2D eigenvalue weighted by molar-refractivity contribution is 7.17. The summed E-state index contributed by atoms with van der Waals surface area (Å²) in [4.78, 5) is 41.2. The Labute approximate surface area is 219 Å². The van der Waals surface area contributed by atoms with E-state index in [1.807, 2.05) is 77.5 Å². The predicted octanol–water partition coefficient (Wildman–Crippen LogP) is 4.94. The lowest BCUT2D eigenvalue weighted by molar-refractivity contribution is 0.0952. The maximum Gasteiger partial charge on any atom is 0.276 e. The molecule has 1 N–H and O–H groups in total. The van der Waals surface area contributed by atoms with Gasteiger partial charge >= 0.3 is 0 Å². The molecule has 1 aliphatic carbocycles. The Morgan fingerprint density at radius 3 is 2.73 bits per heavy atom. The van der Waals surface area contributed by atoms with Crippen LogP contribution < -0.4 is 15.1 Å². The maximum absolute atomic E-state index is 13.8. The molecule has 0 unspecified atom stereocenters. The van der Waals surface area contributed by atoms with Crippen molar-refractivity contribution in [3.05, 3.63) is 94.8 Å². The number of hydrogen-bond acceptors (Lipinski definition) is 6. The number of anilines is 2. The van der Waals surface area contributed by atoms with Crippen LogP contribution in [0.1, 0.15) is 44.3 Å². The molecule has 0 radical (unpaired) electrons. The zero-order chi connectivity index (χ0) is 25.4. The van der Waals surface area contributed by atoms with Crippen LogP contribution in [0, 0.1) is 0 Å². The van der Waals surface area contributed by atoms with Crippen LogP contribution in [0.25, 0.3) is 10.4 Å². The monoisotopic (exact) mass is 509 g/mol. The third-order valence-corrected chi connectivity index (χ3v) is 7.91. The van der Waals surface area contributed by atoms with Gasteiger partial charge in [0.15, 0.2) is 0 Å². The highest BCUT2D eigenvalue weighted by Crippen LogP contribution is 2.42. The first-order valence-corrected chi connectivity index (χ1v) is 13.3. The van der Waals surface area contributed by atoms with Gasteiger partial charge in [0.1, 0.15) is 11.5 Å². The van der Waals surface area contributed by atoms with Gasteiger partial charge in [-0.2, -0.15) is 0 Å². The second kappa shape index (κ2) is 9.78. The molecule has 4 heterocycles. The summed E-state index contributed by atoms with van der Waals surface area (Å²) in [5, 5.41) is 3.09. The highest BCUT2D eigenvalue weighted by atomic mass is 32.1. The molecule has 37 heavy (non-hydrogen) atoms. The molecule has 8 heteroatoms. The summed E-state index contributed by atoms with van der Waals surface area (Å²) < 4.78 is 0. The highest BCUT2D eigenvalue weighted by Gasteiger charge is 2.29. The fourth-order valence-corrected chi connectivity index (χ4v) is 5.76. The van der Waals surface area contributed by atoms with Gasteiger partial charge in [-0.3, -0.25) is 14.6 Å². The molecule has 4 aromatic rings. The molecule has 0 bridgehead atoms. The third-order valence-electron chi connectivity index (χ3n) is 6.70. The smallest absolute Gasteiger partial charge is 0.276 e. The lowest BCUT2D eigenvalue weighted by Gasteiger charge is -2.24. The van der Waals surface area contributed by atoms with Crippen LogP contribution in [0.5, 0.6) is 0 Å². The fourth-order valence-electron chi connectivity index (χ4n) is 4.61. The number of benzene rings is 1. The number of thiophene rings is 1. The quantitative estimate of drug-likeness (QED) is 0.399. The van der Waals surface area contributed by atoms with Crippen molar-refractivity contribution >= 4 is 34.7 Å². The van der Waals surface area contributed by atoms with Gasteiger partial charge < -0.3 is 15.1 Å². The summed E-state index contributed by atoms with van der Waals surface area (Å²) >= 11 is 1.51. The van der Waals surface area contributed by atoms with Crippen molar-refractivity contribution in [3.63, 3.8) is 0 Å². The Balaban J connectivity index is 1.27. The molecule has 186 valence electrons. The number of nitrogens with zero attached hydrogens (tertiary/aromatic N) is 4. The Morgan fingerprint density at radius 1 is 1.08 bits per heavy atom. The normalized spacial score (nSPS) is 14.4. The van der Waals surface area contributed by atoms with Crippen LogP contribution in [0.15, 0.2) is 72.9 Å². The molecule has 1 aromatic carbocycles. The standard InChI is InChI=1S/C29H27N5O2S/c1-33(18-21-7-4-5-15-30-21)26-11-6-9-23(32-26)29(36)34-16-14-19-17-25(28(35)31-20-12-13-20)37-27(19)22-8-2-3-10-24(22)34/h2-11,15,17,20H,12-14,16,18H2,1H3,(H,31,35). The molecule has 0 atom stereocenters. The van der Waals surface area contributed by atoms with E-state index in [1.54, 1.807) is 12.3 Å². The van der Waals surface area contributed by atoms with Crippen molar-refractivity contribution in [2.45, 2.75) is 31.8 Å². The summed E-state index contributed by atoms with van der Waals surface area (Å²) in [7, 11) is 1.95. The van der Waals surface area contributed by atoms with Gasteiger partial charge in [-0.05, 0) is 61.2 Å². The maximum atomic E-state index is 13.8. The van der Waals surface area contributed by atoms with Crippen LogP contribution in [0.4, 0.5) is 11.5 Å². The summed E-state index contributed by atoms with van der Waals surface area (Å²) in [5.41, 5.74) is 4.25. The lowest BCUT2D eigenvalue weighted by Crippen LogP contribution is -2.33. The van der Waals surface area contributed by atoms with E-state index in [1.165, 1.54) is 11.3 Å². The number of carbonyl (C=O) groups is 2. The fraction of sp³-hybridized carbons (Fsp3) is 0.241. The number of rotatable bonds is 6. The van der Waals surface area contributed by atoms with Gasteiger partial charge in [0.2, 0.25) is 0 Å². The number of nitrogens with one attached hydrogen (secondary N) is 1. The van der Waals surface area contributed by atoms with Gasteiger partial charge in [0, 0.05) is 36.3 Å². The Bertz CT molecular complexity index is 1460. The second-order valence-electron chi connectivity index (χ2n) is 9.49. The zero-order valence-electron chi connectivity index (χ0n) is 20.6. The number of carbonyl (C=O) groups excluding carboxylic acids is 2. The molecule has 1 fully saturated rings. The van der Waals surface area contributed by atoms with E-state index in [2.05, 4.69) is 10.3 Å². The van der Waals surface area contributed by atoms with Crippen LogP contribution in [-0.2, 0) is 13.0 Å². The van der Waals surface area contributed by atoms with Crippen molar-refractivity contribution in [2.24, 2.45) is 0 Å². The molecule has 6 rings (SSSR count). The van der Waals surface area contributed by atoms with Crippen molar-refractivity contribution in [1.29, 1.82) is 0 Å². The molecule has 0 spiro atoms. The van der Waals surface area contributed by atoms with Crippen LogP contribution in [0.3, 0.4) is 0 Å². The SMILES string of the molecule is CN(Cc1ccccn1)c1cccc(C(=O)N2CCc3cc(C(=O)NC4CC4)sc3-c3ccccc32)n1. The average molecular weight is 510 g/mol. The number of hydrogen-bond donors (Lipinski definition) is 1. The van der Waals surface area contributed by atoms with Crippen molar-refractivity contribution in [1.82, 2.24) is 15.3 Å². The van der Waals surface area contributed by atoms with Crippen molar-refractivity contribution in [2.75, 3.05) is 23.4 Å². The van der Waals surface area contributed by atoms with E-state index in [0.717, 1.165) is 45.1 Å². The molecule has 3 aromatic heterocycles. The van der Waals surface area contributed by atoms with Crippen LogP contribution >= 0.6 is 11.3 Å². The number of amides is 2. The van der Waals surface area contributed by atoms with E-state index >= 15 is 0 Å². The molecule has 1 aliphatic heterocycles. The van der Waals surface area contributed by atoms with E-state index in [-0.39, 0.29) is 11.8 Å². The summed E-state index contributed by atoms with van der Waals surface area (Å²) in [6, 6.07) is 21.6. The summed E-state index contributed by atoms with van der Waals surface area (Å²) in [6.45, 7) is 1.10. The molecule has 7 nitrogen and oxygen atoms in total. The van der Waals surface area contributed by atoms with E-state index in [9.17, 15) is 9.59 Å². The molecule has 0 saturated heterocycles. The lowest BCUT2D eigenvalue weighted by atomic mass is 10.1. The van der Waals surface area contributed by atoms with Crippen molar-refractivity contribution in [3.8, 4) is 10.4 Å². The first-order chi connectivity index (χ1) is 18.1. The predicted molar refractivity (Wildman–Crippen MR) is 146 cm³/mol. The molecular weight excluding hydrogens is 482 g/mol. The zero-order valence-corrected chi connectivity index (χ0v) is 21.4. The number of fused-ring (bicyclic) bond motifs is 3. The molecule has 1 saturated carbocycles. The van der Waals surface area contributed by atoms with E-state index in [0.29, 0.717) is 37.1 Å². The molecule has 2 aliphatic rings. The average Bonchev–Trinajstić information content (AvgIpc) is 3.67. The topological polar surface area (TPSA) is 78.4 Å². The number of aromatic nitrogens is 2. The third kappa shape index (κ3) is 4.84. The van der Waals surface area contributed by atoms with Gasteiger partial charge in [0.05, 0.1) is 22.8 Å². The van der Waals surface area contributed by atoms with E-state index in [4.69, 9.17) is 4.98 Å². The minimum absolute atomic E-state index is 0.00169. The Morgan fingerprint density at radius 2 is 1.92 bits per heavy atom. The Hall–Kier alpha value is -4.04. The Kier molecular flexibility index (Phi) is 6.18. The van der Waals surface area contributed by atoms with Crippen LogP contribution in [0.2, 0.25) is 0 Å². The number of pyridine rings is 2. The first-order valence-electron chi connectivity index (χ1n) is 12.5. The van der Waals surface area contributed by atoms with Gasteiger partial charge in [-0.1, -0.05) is 30.3 Å². The first kappa shape index (κ1) is 23.4. The molecule has 2 amide bonds. The van der Waals surface area contributed by atoms with Crippen LogP contribution in [-0.4, -0.2) is 41.4 Å². The van der Waals surface area contributed by atoms with Crippen molar-refractivity contribution < 1.29 is 9.59 Å². The van der Waals surface area contributed by atoms with Gasteiger partial charge in [0.25, 0.3) is 11.8 Å². The minimum Gasteiger partial charge on any atom is -0.354 e.